The molecule has 2 aromatic carbocycles. The smallest absolute Gasteiger partial charge is 0.243 e. The van der Waals surface area contributed by atoms with Gasteiger partial charge in [0.25, 0.3) is 0 Å². The normalized spacial score (nSPS) is 15.3. The Kier molecular flexibility index (Phi) is 7.94. The van der Waals surface area contributed by atoms with Gasteiger partial charge in [-0.3, -0.25) is 9.69 Å². The minimum Gasteiger partial charge on any atom is -0.369 e. The fourth-order valence-electron chi connectivity index (χ4n) is 3.67. The van der Waals surface area contributed by atoms with E-state index < -0.39 is 10.0 Å². The van der Waals surface area contributed by atoms with Crippen LogP contribution in [0.25, 0.3) is 0 Å². The first-order chi connectivity index (χ1) is 14.8. The van der Waals surface area contributed by atoms with E-state index in [1.54, 1.807) is 32.0 Å². The molecule has 1 fully saturated rings. The summed E-state index contributed by atoms with van der Waals surface area (Å²) in [5.74, 6) is -0.155. The van der Waals surface area contributed by atoms with Gasteiger partial charge in [-0.1, -0.05) is 31.5 Å². The lowest BCUT2D eigenvalue weighted by Gasteiger charge is -2.35. The van der Waals surface area contributed by atoms with E-state index in [-0.39, 0.29) is 17.3 Å². The molecule has 0 saturated carbocycles. The topological polar surface area (TPSA) is 73.0 Å². The number of nitrogens with one attached hydrogen (secondary N) is 1. The van der Waals surface area contributed by atoms with Crippen LogP contribution in [0, 0.1) is 0 Å². The molecule has 0 radical (unpaired) electrons. The highest BCUT2D eigenvalue weighted by atomic mass is 35.5. The second-order valence-corrected chi connectivity index (χ2v) is 9.78. The van der Waals surface area contributed by atoms with Crippen molar-refractivity contribution in [1.82, 2.24) is 9.21 Å². The first kappa shape index (κ1) is 23.5. The maximum atomic E-state index is 12.7. The van der Waals surface area contributed by atoms with Crippen molar-refractivity contribution in [3.05, 3.63) is 53.6 Å². The fourth-order valence-corrected chi connectivity index (χ4v) is 5.30. The van der Waals surface area contributed by atoms with Gasteiger partial charge in [0, 0.05) is 55.7 Å². The molecule has 1 heterocycles. The third-order valence-corrected chi connectivity index (χ3v) is 7.69. The van der Waals surface area contributed by atoms with Crippen molar-refractivity contribution >= 4 is 38.9 Å². The summed E-state index contributed by atoms with van der Waals surface area (Å²) in [4.78, 5) is 17.1. The quantitative estimate of drug-likeness (QED) is 0.649. The van der Waals surface area contributed by atoms with E-state index >= 15 is 0 Å². The van der Waals surface area contributed by atoms with Crippen LogP contribution < -0.4 is 10.2 Å². The highest BCUT2D eigenvalue weighted by Gasteiger charge is 2.23. The molecule has 3 rings (SSSR count). The van der Waals surface area contributed by atoms with Gasteiger partial charge in [-0.25, -0.2) is 8.42 Å². The Morgan fingerprint density at radius 2 is 1.68 bits per heavy atom. The van der Waals surface area contributed by atoms with E-state index in [2.05, 4.69) is 15.1 Å². The molecule has 31 heavy (non-hydrogen) atoms. The third kappa shape index (κ3) is 5.98. The van der Waals surface area contributed by atoms with Crippen LogP contribution in [0.1, 0.15) is 13.8 Å². The molecule has 0 unspecified atom stereocenters. The van der Waals surface area contributed by atoms with E-state index in [0.717, 1.165) is 31.9 Å². The third-order valence-electron chi connectivity index (χ3n) is 5.39. The number of carbonyl (C=O) groups excluding carboxylic acids is 1. The molecule has 9 heteroatoms. The molecule has 0 bridgehead atoms. The molecule has 1 aliphatic rings. The van der Waals surface area contributed by atoms with Crippen LogP contribution in [-0.2, 0) is 14.8 Å². The second-order valence-electron chi connectivity index (χ2n) is 7.40. The Hall–Kier alpha value is -2.13. The molecule has 0 spiro atoms. The molecule has 168 valence electrons. The molecule has 1 aliphatic heterocycles. The number of carbonyl (C=O) groups is 1. The number of piperazine rings is 1. The Bertz CT molecular complexity index is 986. The minimum atomic E-state index is -3.56. The average Bonchev–Trinajstić information content (AvgIpc) is 2.76. The Morgan fingerprint density at radius 3 is 2.29 bits per heavy atom. The van der Waals surface area contributed by atoms with Gasteiger partial charge in [-0.05, 0) is 42.5 Å². The number of nitrogens with zero attached hydrogens (tertiary/aromatic N) is 3. The highest BCUT2D eigenvalue weighted by Crippen LogP contribution is 2.21. The molecule has 2 aromatic rings. The molecular weight excluding hydrogens is 436 g/mol. The van der Waals surface area contributed by atoms with Crippen molar-refractivity contribution in [3.8, 4) is 0 Å². The lowest BCUT2D eigenvalue weighted by Crippen LogP contribution is -2.48. The zero-order valence-electron chi connectivity index (χ0n) is 17.9. The minimum absolute atomic E-state index is 0.155. The predicted octanol–water partition coefficient (Wildman–Crippen LogP) is 3.13. The maximum Gasteiger partial charge on any atom is 0.243 e. The lowest BCUT2D eigenvalue weighted by molar-refractivity contribution is -0.117. The van der Waals surface area contributed by atoms with Crippen molar-refractivity contribution in [3.63, 3.8) is 0 Å². The lowest BCUT2D eigenvalue weighted by atomic mass is 10.2. The average molecular weight is 465 g/mol. The number of halogens is 1. The highest BCUT2D eigenvalue weighted by molar-refractivity contribution is 7.89. The Morgan fingerprint density at radius 1 is 1.03 bits per heavy atom. The van der Waals surface area contributed by atoms with E-state index in [4.69, 9.17) is 11.6 Å². The van der Waals surface area contributed by atoms with Gasteiger partial charge in [0.1, 0.15) is 0 Å². The molecule has 1 amide bonds. The summed E-state index contributed by atoms with van der Waals surface area (Å²) < 4.78 is 26.8. The number of amides is 1. The monoisotopic (exact) mass is 464 g/mol. The summed E-state index contributed by atoms with van der Waals surface area (Å²) >= 11 is 5.96. The first-order valence-corrected chi connectivity index (χ1v) is 12.3. The van der Waals surface area contributed by atoms with E-state index in [1.165, 1.54) is 10.4 Å². The molecular formula is C22H29ClN4O3S. The summed E-state index contributed by atoms with van der Waals surface area (Å²) in [6, 6.07) is 14.2. The molecule has 0 atom stereocenters. The molecule has 0 aromatic heterocycles. The molecule has 0 aliphatic carbocycles. The second kappa shape index (κ2) is 10.5. The molecule has 1 saturated heterocycles. The SMILES string of the molecule is CCN(CC)S(=O)(=O)c1cccc(NC(=O)CN2CCN(c3ccc(Cl)cc3)CC2)c1. The summed E-state index contributed by atoms with van der Waals surface area (Å²) in [7, 11) is -3.56. The van der Waals surface area contributed by atoms with E-state index in [1.807, 2.05) is 24.3 Å². The van der Waals surface area contributed by atoms with Gasteiger partial charge in [0.15, 0.2) is 0 Å². The first-order valence-electron chi connectivity index (χ1n) is 10.5. The van der Waals surface area contributed by atoms with Gasteiger partial charge in [-0.15, -0.1) is 0 Å². The Labute approximate surface area is 189 Å². The Balaban J connectivity index is 1.55. The van der Waals surface area contributed by atoms with Crippen molar-refractivity contribution in [2.24, 2.45) is 0 Å². The van der Waals surface area contributed by atoms with Crippen LogP contribution in [0.4, 0.5) is 11.4 Å². The van der Waals surface area contributed by atoms with Gasteiger partial charge in [-0.2, -0.15) is 4.31 Å². The summed E-state index contributed by atoms with van der Waals surface area (Å²) in [5, 5.41) is 3.55. The number of rotatable bonds is 8. The van der Waals surface area contributed by atoms with Crippen LogP contribution in [0.3, 0.4) is 0 Å². The summed E-state index contributed by atoms with van der Waals surface area (Å²) in [6.45, 7) is 7.87. The standard InChI is InChI=1S/C22H29ClN4O3S/c1-3-27(4-2)31(29,30)21-7-5-6-19(16-21)24-22(28)17-25-12-14-26(15-13-25)20-10-8-18(23)9-11-20/h5-11,16H,3-4,12-15,17H2,1-2H3,(H,24,28). The van der Waals surface area contributed by atoms with E-state index in [0.29, 0.717) is 23.8 Å². The largest absolute Gasteiger partial charge is 0.369 e. The van der Waals surface area contributed by atoms with Gasteiger partial charge < -0.3 is 10.2 Å². The van der Waals surface area contributed by atoms with Crippen LogP contribution in [0.2, 0.25) is 5.02 Å². The zero-order chi connectivity index (χ0) is 22.4. The van der Waals surface area contributed by atoms with Gasteiger partial charge in [0.2, 0.25) is 15.9 Å². The fraction of sp³-hybridized carbons (Fsp3) is 0.409. The number of hydrogen-bond acceptors (Lipinski definition) is 5. The van der Waals surface area contributed by atoms with Crippen LogP contribution in [0.5, 0.6) is 0 Å². The summed E-state index contributed by atoms with van der Waals surface area (Å²) in [5.41, 5.74) is 1.61. The van der Waals surface area contributed by atoms with Crippen molar-refractivity contribution < 1.29 is 13.2 Å². The number of hydrogen-bond donors (Lipinski definition) is 1. The number of sulfonamides is 1. The zero-order valence-corrected chi connectivity index (χ0v) is 19.5. The number of anilines is 2. The van der Waals surface area contributed by atoms with E-state index in [9.17, 15) is 13.2 Å². The molecule has 1 N–H and O–H groups in total. The number of benzene rings is 2. The van der Waals surface area contributed by atoms with Gasteiger partial charge >= 0.3 is 0 Å². The van der Waals surface area contributed by atoms with Gasteiger partial charge in [0.05, 0.1) is 11.4 Å². The maximum absolute atomic E-state index is 12.7. The van der Waals surface area contributed by atoms with Crippen molar-refractivity contribution in [2.75, 3.05) is 56.0 Å². The van der Waals surface area contributed by atoms with Crippen molar-refractivity contribution in [1.29, 1.82) is 0 Å². The van der Waals surface area contributed by atoms with Crippen LogP contribution >= 0.6 is 11.6 Å². The molecule has 7 nitrogen and oxygen atoms in total. The van der Waals surface area contributed by atoms with Crippen molar-refractivity contribution in [2.45, 2.75) is 18.7 Å². The van der Waals surface area contributed by atoms with Crippen LogP contribution in [-0.4, -0.2) is 69.3 Å². The summed E-state index contributed by atoms with van der Waals surface area (Å²) in [6.07, 6.45) is 0. The predicted molar refractivity (Wildman–Crippen MR) is 125 cm³/mol. The van der Waals surface area contributed by atoms with Crippen LogP contribution in [0.15, 0.2) is 53.4 Å².